The van der Waals surface area contributed by atoms with Gasteiger partial charge in [-0.25, -0.2) is 0 Å². The van der Waals surface area contributed by atoms with Crippen molar-refractivity contribution in [3.63, 3.8) is 0 Å². The van der Waals surface area contributed by atoms with Crippen molar-refractivity contribution in [2.75, 3.05) is 6.79 Å². The van der Waals surface area contributed by atoms with Gasteiger partial charge in [-0.2, -0.15) is 0 Å². The number of rotatable bonds is 3. The Morgan fingerprint density at radius 3 is 2.83 bits per heavy atom. The molecule has 3 aromatic rings. The summed E-state index contributed by atoms with van der Waals surface area (Å²) in [5, 5.41) is 4.17. The number of para-hydroxylation sites is 1. The quantitative estimate of drug-likeness (QED) is 0.806. The monoisotopic (exact) mass is 322 g/mol. The van der Waals surface area contributed by atoms with Crippen molar-refractivity contribution in [3.8, 4) is 11.5 Å². The Morgan fingerprint density at radius 1 is 1.17 bits per heavy atom. The number of fused-ring (bicyclic) bond motifs is 2. The van der Waals surface area contributed by atoms with Gasteiger partial charge in [0.2, 0.25) is 6.79 Å². The van der Waals surface area contributed by atoms with Gasteiger partial charge in [0.15, 0.2) is 11.5 Å². The second-order valence-electron chi connectivity index (χ2n) is 5.89. The largest absolute Gasteiger partial charge is 0.454 e. The lowest BCUT2D eigenvalue weighted by Gasteiger charge is -2.07. The predicted octanol–water partition coefficient (Wildman–Crippen LogP) is 3.15. The minimum Gasteiger partial charge on any atom is -0.454 e. The van der Waals surface area contributed by atoms with Gasteiger partial charge in [-0.1, -0.05) is 18.2 Å². The van der Waals surface area contributed by atoms with Crippen molar-refractivity contribution in [1.82, 2.24) is 9.88 Å². The predicted molar refractivity (Wildman–Crippen MR) is 91.4 cm³/mol. The molecule has 0 fully saturated rings. The summed E-state index contributed by atoms with van der Waals surface area (Å²) in [4.78, 5) is 12.5. The van der Waals surface area contributed by atoms with Crippen LogP contribution in [0.1, 0.15) is 21.6 Å². The Hall–Kier alpha value is -2.95. The van der Waals surface area contributed by atoms with Crippen LogP contribution >= 0.6 is 0 Å². The average molecular weight is 322 g/mol. The second-order valence-corrected chi connectivity index (χ2v) is 5.89. The van der Waals surface area contributed by atoms with Crippen LogP contribution in [0.15, 0.2) is 42.5 Å². The number of hydrogen-bond donors (Lipinski definition) is 1. The highest BCUT2D eigenvalue weighted by molar-refractivity contribution is 5.95. The molecule has 2 heterocycles. The van der Waals surface area contributed by atoms with E-state index in [0.717, 1.165) is 11.3 Å². The first-order valence-electron chi connectivity index (χ1n) is 7.86. The molecule has 0 aliphatic carbocycles. The van der Waals surface area contributed by atoms with E-state index in [9.17, 15) is 4.79 Å². The second kappa shape index (κ2) is 5.60. The maximum atomic E-state index is 12.5. The van der Waals surface area contributed by atoms with Gasteiger partial charge in [-0.15, -0.1) is 0 Å². The van der Waals surface area contributed by atoms with Gasteiger partial charge < -0.3 is 19.4 Å². The highest BCUT2D eigenvalue weighted by Gasteiger charge is 2.17. The molecule has 24 heavy (non-hydrogen) atoms. The van der Waals surface area contributed by atoms with E-state index in [1.54, 1.807) is 18.2 Å². The van der Waals surface area contributed by atoms with E-state index in [2.05, 4.69) is 28.9 Å². The summed E-state index contributed by atoms with van der Waals surface area (Å²) in [5.41, 5.74) is 4.03. The summed E-state index contributed by atoms with van der Waals surface area (Å²) in [6, 6.07) is 13.4. The smallest absolute Gasteiger partial charge is 0.251 e. The third-order valence-corrected chi connectivity index (χ3v) is 4.59. The number of hydrogen-bond acceptors (Lipinski definition) is 3. The molecule has 1 aliphatic rings. The van der Waals surface area contributed by atoms with E-state index in [4.69, 9.17) is 9.47 Å². The van der Waals surface area contributed by atoms with Gasteiger partial charge >= 0.3 is 0 Å². The number of carbonyl (C=O) groups is 1. The maximum absolute atomic E-state index is 12.5. The van der Waals surface area contributed by atoms with Crippen molar-refractivity contribution in [2.24, 2.45) is 7.05 Å². The Balaban J connectivity index is 1.57. The van der Waals surface area contributed by atoms with Crippen LogP contribution in [0.5, 0.6) is 11.5 Å². The average Bonchev–Trinajstić information content (AvgIpc) is 3.17. The van der Waals surface area contributed by atoms with Gasteiger partial charge in [0.25, 0.3) is 5.91 Å². The van der Waals surface area contributed by atoms with Crippen LogP contribution in [0.4, 0.5) is 0 Å². The van der Waals surface area contributed by atoms with Gasteiger partial charge in [-0.3, -0.25) is 4.79 Å². The lowest BCUT2D eigenvalue weighted by Crippen LogP contribution is -2.23. The van der Waals surface area contributed by atoms with E-state index in [1.807, 2.05) is 19.2 Å². The molecule has 0 unspecified atom stereocenters. The number of nitrogens with zero attached hydrogens (tertiary/aromatic N) is 1. The lowest BCUT2D eigenvalue weighted by atomic mass is 10.1. The number of benzene rings is 2. The van der Waals surface area contributed by atoms with Gasteiger partial charge in [0.05, 0.1) is 0 Å². The summed E-state index contributed by atoms with van der Waals surface area (Å²) in [5.74, 6) is 1.17. The standard InChI is InChI=1S/C19H18N2O3/c1-12-15(14-5-3-4-6-16(14)21(12)2)10-20-19(22)13-7-8-17-18(9-13)24-11-23-17/h3-9H,10-11H2,1-2H3,(H,20,22). The molecule has 0 spiro atoms. The van der Waals surface area contributed by atoms with Crippen LogP contribution in [0.2, 0.25) is 0 Å². The molecule has 2 aromatic carbocycles. The molecular formula is C19H18N2O3. The third-order valence-electron chi connectivity index (χ3n) is 4.59. The van der Waals surface area contributed by atoms with Crippen LogP contribution in [0.25, 0.3) is 10.9 Å². The summed E-state index contributed by atoms with van der Waals surface area (Å²) >= 11 is 0. The lowest BCUT2D eigenvalue weighted by molar-refractivity contribution is 0.0950. The Bertz CT molecular complexity index is 943. The van der Waals surface area contributed by atoms with Crippen LogP contribution in [0.3, 0.4) is 0 Å². The zero-order chi connectivity index (χ0) is 16.7. The number of aromatic nitrogens is 1. The van der Waals surface area contributed by atoms with Gasteiger partial charge in [-0.05, 0) is 36.8 Å². The van der Waals surface area contributed by atoms with Gasteiger partial charge in [0.1, 0.15) is 0 Å². The fourth-order valence-corrected chi connectivity index (χ4v) is 3.13. The van der Waals surface area contributed by atoms with Crippen molar-refractivity contribution in [3.05, 3.63) is 59.3 Å². The zero-order valence-electron chi connectivity index (χ0n) is 13.6. The Labute approximate surface area is 139 Å². The Morgan fingerprint density at radius 2 is 1.96 bits per heavy atom. The molecular weight excluding hydrogens is 304 g/mol. The van der Waals surface area contributed by atoms with Crippen LogP contribution in [0, 0.1) is 6.92 Å². The normalized spacial score (nSPS) is 12.6. The molecule has 5 nitrogen and oxygen atoms in total. The first-order valence-corrected chi connectivity index (χ1v) is 7.86. The Kier molecular flexibility index (Phi) is 3.41. The molecule has 0 atom stereocenters. The summed E-state index contributed by atoms with van der Waals surface area (Å²) in [6.45, 7) is 2.76. The summed E-state index contributed by atoms with van der Waals surface area (Å²) < 4.78 is 12.7. The van der Waals surface area contributed by atoms with Crippen LogP contribution < -0.4 is 14.8 Å². The van der Waals surface area contributed by atoms with E-state index in [1.165, 1.54) is 10.9 Å². The first kappa shape index (κ1) is 14.6. The van der Waals surface area contributed by atoms with Crippen LogP contribution in [-0.2, 0) is 13.6 Å². The molecule has 0 bridgehead atoms. The molecule has 0 radical (unpaired) electrons. The minimum atomic E-state index is -0.124. The topological polar surface area (TPSA) is 52.5 Å². The molecule has 4 rings (SSSR count). The first-order chi connectivity index (χ1) is 11.6. The van der Waals surface area contributed by atoms with Crippen molar-refractivity contribution in [1.29, 1.82) is 0 Å². The van der Waals surface area contributed by atoms with Crippen LogP contribution in [-0.4, -0.2) is 17.3 Å². The SMILES string of the molecule is Cc1c(CNC(=O)c2ccc3c(c2)OCO3)c2ccccc2n1C. The number of carbonyl (C=O) groups excluding carboxylic acids is 1. The minimum absolute atomic E-state index is 0.124. The van der Waals surface area contributed by atoms with Crippen molar-refractivity contribution in [2.45, 2.75) is 13.5 Å². The number of aryl methyl sites for hydroxylation is 1. The van der Waals surface area contributed by atoms with Gasteiger partial charge in [0, 0.05) is 35.8 Å². The molecule has 0 saturated heterocycles. The molecule has 1 aromatic heterocycles. The third kappa shape index (κ3) is 2.29. The molecule has 122 valence electrons. The van der Waals surface area contributed by atoms with Crippen molar-refractivity contribution >= 4 is 16.8 Å². The van der Waals surface area contributed by atoms with E-state index in [-0.39, 0.29) is 12.7 Å². The maximum Gasteiger partial charge on any atom is 0.251 e. The molecule has 5 heteroatoms. The fraction of sp³-hybridized carbons (Fsp3) is 0.211. The fourth-order valence-electron chi connectivity index (χ4n) is 3.13. The highest BCUT2D eigenvalue weighted by Crippen LogP contribution is 2.32. The highest BCUT2D eigenvalue weighted by atomic mass is 16.7. The zero-order valence-corrected chi connectivity index (χ0v) is 13.6. The molecule has 1 N–H and O–H groups in total. The number of ether oxygens (including phenoxy) is 2. The number of nitrogens with one attached hydrogen (secondary N) is 1. The van der Waals surface area contributed by atoms with E-state index in [0.29, 0.717) is 23.6 Å². The van der Waals surface area contributed by atoms with E-state index >= 15 is 0 Å². The molecule has 1 aliphatic heterocycles. The summed E-state index contributed by atoms with van der Waals surface area (Å²) in [6.07, 6.45) is 0. The molecule has 1 amide bonds. The summed E-state index contributed by atoms with van der Waals surface area (Å²) in [7, 11) is 2.04. The van der Waals surface area contributed by atoms with E-state index < -0.39 is 0 Å². The van der Waals surface area contributed by atoms with Crippen molar-refractivity contribution < 1.29 is 14.3 Å². The number of amides is 1. The molecule has 0 saturated carbocycles.